The molecule has 6 aromatic carbocycles. The lowest BCUT2D eigenvalue weighted by atomic mass is 9.80. The third-order valence-electron chi connectivity index (χ3n) is 16.3. The molecule has 8 aromatic rings. The van der Waals surface area contributed by atoms with E-state index >= 15 is 0 Å². The van der Waals surface area contributed by atoms with Crippen molar-refractivity contribution < 1.29 is 28.8 Å². The topological polar surface area (TPSA) is 112 Å². The van der Waals surface area contributed by atoms with Crippen LogP contribution in [0.15, 0.2) is 72.8 Å². The standard InChI is InChI=1S/C61H59N3O6S2/c1-9-11-13-15-18-37(19-16-14-12-10-2)62-56(65)44-26-22-40-42-24-28-46-53-47(29-25-43(51(42)53)41-23-27-45(57(62)66)52(44)50(40)41)59(68)63(58(46)67)38-20-17-21-39(30-38)64-60(69)54(48-31(3)33(5)71-35(48)7)55(61(64)70)49-32(4)34(6)72-36(49)8/h17,20-30,37,54-55H,9-16,18-19H2,1-8H3. The number of benzene rings is 6. The molecule has 0 aliphatic carbocycles. The van der Waals surface area contributed by atoms with Gasteiger partial charge in [-0.15, -0.1) is 22.7 Å². The number of nitrogens with zero attached hydrogens (tertiary/aromatic N) is 3. The summed E-state index contributed by atoms with van der Waals surface area (Å²) in [6, 6.07) is 21.5. The lowest BCUT2D eigenvalue weighted by Gasteiger charge is -2.35. The summed E-state index contributed by atoms with van der Waals surface area (Å²) in [5.41, 5.74) is 6.10. The van der Waals surface area contributed by atoms with E-state index in [0.29, 0.717) is 38.7 Å². The Morgan fingerprint density at radius 3 is 1.21 bits per heavy atom. The number of anilines is 2. The molecular weight excluding hydrogens is 935 g/mol. The van der Waals surface area contributed by atoms with E-state index in [1.165, 1.54) is 4.90 Å². The van der Waals surface area contributed by atoms with Gasteiger partial charge in [-0.2, -0.15) is 0 Å². The molecule has 1 fully saturated rings. The molecule has 9 nitrogen and oxygen atoms in total. The molecule has 3 aliphatic heterocycles. The number of carbonyl (C=O) groups is 6. The number of hydrogen-bond acceptors (Lipinski definition) is 8. The molecule has 366 valence electrons. The van der Waals surface area contributed by atoms with Crippen LogP contribution in [0, 0.1) is 41.5 Å². The lowest BCUT2D eigenvalue weighted by Crippen LogP contribution is -2.47. The van der Waals surface area contributed by atoms with E-state index in [2.05, 4.69) is 13.8 Å². The first-order valence-electron chi connectivity index (χ1n) is 25.8. The van der Waals surface area contributed by atoms with Crippen LogP contribution in [0.5, 0.6) is 0 Å². The summed E-state index contributed by atoms with van der Waals surface area (Å²) in [7, 11) is 0. The fourth-order valence-electron chi connectivity index (χ4n) is 12.7. The molecule has 11 rings (SSSR count). The average Bonchev–Trinajstić information content (AvgIpc) is 3.88. The molecule has 6 amide bonds. The smallest absolute Gasteiger partial charge is 0.265 e. The molecule has 2 aromatic heterocycles. The summed E-state index contributed by atoms with van der Waals surface area (Å²) >= 11 is 3.27. The van der Waals surface area contributed by atoms with Crippen molar-refractivity contribution >= 4 is 113 Å². The zero-order chi connectivity index (χ0) is 50.6. The van der Waals surface area contributed by atoms with Crippen molar-refractivity contribution in [3.63, 3.8) is 0 Å². The van der Waals surface area contributed by atoms with E-state index in [1.54, 1.807) is 64.0 Å². The summed E-state index contributed by atoms with van der Waals surface area (Å²) in [6.07, 6.45) is 10.2. The Labute approximate surface area is 428 Å². The molecule has 2 unspecified atom stereocenters. The van der Waals surface area contributed by atoms with Crippen LogP contribution in [0.4, 0.5) is 11.4 Å². The number of rotatable bonds is 15. The second-order valence-corrected chi connectivity index (χ2v) is 23.3. The number of imide groups is 3. The molecular formula is C61H59N3O6S2. The second-order valence-electron chi connectivity index (χ2n) is 20.4. The van der Waals surface area contributed by atoms with Gasteiger partial charge in [-0.25, -0.2) is 9.80 Å². The zero-order valence-electron chi connectivity index (χ0n) is 42.3. The fourth-order valence-corrected chi connectivity index (χ4v) is 14.9. The lowest BCUT2D eigenvalue weighted by molar-refractivity contribution is -0.121. The Morgan fingerprint density at radius 2 is 0.833 bits per heavy atom. The van der Waals surface area contributed by atoms with E-state index in [4.69, 9.17) is 0 Å². The maximum atomic E-state index is 15.0. The van der Waals surface area contributed by atoms with Gasteiger partial charge in [0.1, 0.15) is 0 Å². The number of amides is 6. The van der Waals surface area contributed by atoms with Crippen LogP contribution in [-0.4, -0.2) is 46.4 Å². The molecule has 3 aliphatic rings. The van der Waals surface area contributed by atoms with Crippen molar-refractivity contribution in [2.75, 3.05) is 9.80 Å². The highest BCUT2D eigenvalue weighted by Crippen LogP contribution is 2.52. The number of carbonyl (C=O) groups excluding carboxylic acids is 6. The van der Waals surface area contributed by atoms with Crippen LogP contribution in [0.3, 0.4) is 0 Å². The Hall–Kier alpha value is -6.56. The highest BCUT2D eigenvalue weighted by molar-refractivity contribution is 7.12. The average molecular weight is 994 g/mol. The summed E-state index contributed by atoms with van der Waals surface area (Å²) in [5.74, 6) is -3.67. The third kappa shape index (κ3) is 7.04. The largest absolute Gasteiger partial charge is 0.273 e. The summed E-state index contributed by atoms with van der Waals surface area (Å²) in [6.45, 7) is 16.5. The van der Waals surface area contributed by atoms with Crippen molar-refractivity contribution in [2.24, 2.45) is 0 Å². The van der Waals surface area contributed by atoms with Crippen LogP contribution in [0.2, 0.25) is 0 Å². The van der Waals surface area contributed by atoms with Crippen molar-refractivity contribution in [3.05, 3.63) is 137 Å². The molecule has 11 heteroatoms. The van der Waals surface area contributed by atoms with Gasteiger partial charge in [0, 0.05) is 58.6 Å². The van der Waals surface area contributed by atoms with Crippen molar-refractivity contribution in [2.45, 2.75) is 137 Å². The normalized spacial score (nSPS) is 17.1. The van der Waals surface area contributed by atoms with Gasteiger partial charge in [0.2, 0.25) is 11.8 Å². The number of hydrogen-bond donors (Lipinski definition) is 0. The van der Waals surface area contributed by atoms with E-state index in [9.17, 15) is 28.8 Å². The minimum atomic E-state index is -0.739. The van der Waals surface area contributed by atoms with E-state index < -0.39 is 23.7 Å². The predicted octanol–water partition coefficient (Wildman–Crippen LogP) is 14.9. The number of fused-ring (bicyclic) bond motifs is 2. The van der Waals surface area contributed by atoms with E-state index in [1.807, 2.05) is 77.9 Å². The Balaban J connectivity index is 0.973. The first kappa shape index (κ1) is 47.7. The molecule has 0 saturated carbocycles. The third-order valence-corrected chi connectivity index (χ3v) is 18.6. The van der Waals surface area contributed by atoms with E-state index in [-0.39, 0.29) is 35.4 Å². The van der Waals surface area contributed by atoms with Gasteiger partial charge in [0.15, 0.2) is 0 Å². The molecule has 0 N–H and O–H groups in total. The Kier molecular flexibility index (Phi) is 12.1. The molecule has 5 heterocycles. The maximum Gasteiger partial charge on any atom is 0.265 e. The predicted molar refractivity (Wildman–Crippen MR) is 292 cm³/mol. The van der Waals surface area contributed by atoms with E-state index in [0.717, 1.165) is 143 Å². The fraction of sp³-hybridized carbons (Fsp3) is 0.344. The van der Waals surface area contributed by atoms with Gasteiger partial charge >= 0.3 is 0 Å². The van der Waals surface area contributed by atoms with Gasteiger partial charge < -0.3 is 0 Å². The number of unbranched alkanes of at least 4 members (excludes halogenated alkanes) is 6. The van der Waals surface area contributed by atoms with Crippen LogP contribution >= 0.6 is 22.7 Å². The molecule has 0 radical (unpaired) electrons. The molecule has 2 atom stereocenters. The highest BCUT2D eigenvalue weighted by atomic mass is 32.1. The highest BCUT2D eigenvalue weighted by Gasteiger charge is 2.52. The quantitative estimate of drug-likeness (QED) is 0.0438. The van der Waals surface area contributed by atoms with Gasteiger partial charge in [0.05, 0.1) is 23.2 Å². The van der Waals surface area contributed by atoms with Crippen molar-refractivity contribution in [3.8, 4) is 0 Å². The maximum absolute atomic E-state index is 15.0. The van der Waals surface area contributed by atoms with Gasteiger partial charge in [-0.1, -0.05) is 95.5 Å². The van der Waals surface area contributed by atoms with Crippen LogP contribution in [-0.2, 0) is 9.59 Å². The zero-order valence-corrected chi connectivity index (χ0v) is 44.0. The monoisotopic (exact) mass is 993 g/mol. The van der Waals surface area contributed by atoms with Crippen LogP contribution in [0.25, 0.3) is 43.1 Å². The molecule has 1 saturated heterocycles. The number of aryl methyl sites for hydroxylation is 4. The van der Waals surface area contributed by atoms with Gasteiger partial charge in [-0.3, -0.25) is 33.7 Å². The first-order chi connectivity index (χ1) is 34.7. The SMILES string of the molecule is CCCCCCC(CCCCCC)N1C(=O)c2ccc3c4ccc5c6c(ccc(c7ccc(c2c37)C1=O)c64)C(=O)N(c1cccc(N2C(=O)C(c3c(C)sc(C)c3C)C(c3c(C)sc(C)c3C)C2=O)c1)C5=O. The van der Waals surface area contributed by atoms with Crippen LogP contribution in [0.1, 0.15) is 173 Å². The first-order valence-corrected chi connectivity index (χ1v) is 27.4. The van der Waals surface area contributed by atoms with Gasteiger partial charge in [-0.05, 0) is 151 Å². The van der Waals surface area contributed by atoms with Gasteiger partial charge in [0.25, 0.3) is 23.6 Å². The summed E-state index contributed by atoms with van der Waals surface area (Å²) in [4.78, 5) is 97.4. The molecule has 0 bridgehead atoms. The summed E-state index contributed by atoms with van der Waals surface area (Å²) < 4.78 is 0. The molecule has 0 spiro atoms. The summed E-state index contributed by atoms with van der Waals surface area (Å²) in [5, 5.41) is 6.10. The second kappa shape index (κ2) is 18.2. The molecule has 72 heavy (non-hydrogen) atoms. The minimum absolute atomic E-state index is 0.170. The van der Waals surface area contributed by atoms with Crippen molar-refractivity contribution in [1.29, 1.82) is 0 Å². The van der Waals surface area contributed by atoms with Crippen molar-refractivity contribution in [1.82, 2.24) is 4.90 Å². The van der Waals surface area contributed by atoms with Crippen LogP contribution < -0.4 is 9.80 Å². The Bertz CT molecular complexity index is 3450. The minimum Gasteiger partial charge on any atom is -0.273 e. The number of thiophene rings is 2. The Morgan fingerprint density at radius 1 is 0.444 bits per heavy atom.